The van der Waals surface area contributed by atoms with Gasteiger partial charge in [-0.15, -0.1) is 5.10 Å². The molecule has 1 unspecified atom stereocenters. The number of aromatic nitrogens is 4. The second kappa shape index (κ2) is 6.56. The van der Waals surface area contributed by atoms with E-state index < -0.39 is 0 Å². The average molecular weight is 373 g/mol. The molecule has 6 heteroatoms. The molecule has 142 valence electrons. The number of rotatable bonds is 3. The number of piperidine rings is 1. The first-order chi connectivity index (χ1) is 13.6. The van der Waals surface area contributed by atoms with E-state index in [-0.39, 0.29) is 11.3 Å². The highest BCUT2D eigenvalue weighted by Crippen LogP contribution is 2.38. The Kier molecular flexibility index (Phi) is 4.02. The van der Waals surface area contributed by atoms with Crippen molar-refractivity contribution in [3.63, 3.8) is 0 Å². The number of imidazole rings is 1. The number of aromatic hydroxyl groups is 1. The topological polar surface area (TPSA) is 75.9 Å². The summed E-state index contributed by atoms with van der Waals surface area (Å²) in [5.74, 6) is 0.175. The summed E-state index contributed by atoms with van der Waals surface area (Å²) < 4.78 is 1.84. The van der Waals surface area contributed by atoms with E-state index in [1.165, 1.54) is 18.4 Å². The molecule has 2 fully saturated rings. The van der Waals surface area contributed by atoms with Gasteiger partial charge >= 0.3 is 0 Å². The van der Waals surface area contributed by atoms with Crippen molar-refractivity contribution in [2.24, 2.45) is 0 Å². The third kappa shape index (κ3) is 3.20. The fourth-order valence-corrected chi connectivity index (χ4v) is 4.50. The molecule has 0 saturated carbocycles. The summed E-state index contributed by atoms with van der Waals surface area (Å²) in [4.78, 5) is 4.03. The van der Waals surface area contributed by atoms with Crippen molar-refractivity contribution < 1.29 is 5.11 Å². The Hall–Kier alpha value is -2.99. The van der Waals surface area contributed by atoms with E-state index in [1.807, 2.05) is 35.0 Å². The minimum atomic E-state index is 0.175. The summed E-state index contributed by atoms with van der Waals surface area (Å²) in [6.07, 6.45) is 12.1. The number of phenolic OH excluding ortho intramolecular Hbond substituents is 1. The Balaban J connectivity index is 1.38. The molecule has 2 atom stereocenters. The quantitative estimate of drug-likeness (QED) is 0.732. The maximum atomic E-state index is 10.4. The van der Waals surface area contributed by atoms with E-state index in [2.05, 4.69) is 33.5 Å². The van der Waals surface area contributed by atoms with Gasteiger partial charge in [0.25, 0.3) is 0 Å². The molecular formula is C22H23N5O. The highest BCUT2D eigenvalue weighted by Gasteiger charge is 2.39. The maximum Gasteiger partial charge on any atom is 0.127 e. The van der Waals surface area contributed by atoms with Crippen LogP contribution in [0, 0.1) is 0 Å². The molecule has 5 rings (SSSR count). The van der Waals surface area contributed by atoms with Crippen molar-refractivity contribution in [2.75, 3.05) is 0 Å². The second-order valence-electron chi connectivity index (χ2n) is 8.14. The standard InChI is InChI=1S/C22H23N5O/c1-22-7-6-16(24-22)10-15(13-22)11-17-2-5-20(26-25-17)19-4-3-18(12-21(19)28)27-9-8-23-14-27/h2-5,8-9,11-12,14,16,24,28H,6-7,10,13H2,1H3/b15-11+/t16?,22-/m0/s1. The molecule has 4 heterocycles. The molecule has 2 aliphatic rings. The van der Waals surface area contributed by atoms with Crippen LogP contribution in [0.15, 0.2) is 54.6 Å². The summed E-state index contributed by atoms with van der Waals surface area (Å²) in [5.41, 5.74) is 4.74. The molecule has 0 aliphatic carbocycles. The Morgan fingerprint density at radius 3 is 2.89 bits per heavy atom. The molecule has 1 aromatic carbocycles. The molecule has 0 spiro atoms. The maximum absolute atomic E-state index is 10.4. The van der Waals surface area contributed by atoms with Gasteiger partial charge in [-0.1, -0.05) is 5.57 Å². The summed E-state index contributed by atoms with van der Waals surface area (Å²) in [6, 6.07) is 9.99. The third-order valence-corrected chi connectivity index (χ3v) is 5.82. The highest BCUT2D eigenvalue weighted by molar-refractivity contribution is 5.69. The van der Waals surface area contributed by atoms with Crippen molar-refractivity contribution in [1.82, 2.24) is 25.1 Å². The molecule has 2 aromatic heterocycles. The van der Waals surface area contributed by atoms with Gasteiger partial charge < -0.3 is 15.0 Å². The zero-order valence-electron chi connectivity index (χ0n) is 15.8. The van der Waals surface area contributed by atoms with E-state index in [0.717, 1.165) is 24.2 Å². The highest BCUT2D eigenvalue weighted by atomic mass is 16.3. The largest absolute Gasteiger partial charge is 0.507 e. The first-order valence-electron chi connectivity index (χ1n) is 9.71. The Labute approximate surface area is 164 Å². The number of fused-ring (bicyclic) bond motifs is 2. The van der Waals surface area contributed by atoms with Crippen molar-refractivity contribution in [2.45, 2.75) is 44.2 Å². The fraction of sp³-hybridized carbons (Fsp3) is 0.318. The number of hydrogen-bond donors (Lipinski definition) is 2. The molecule has 2 saturated heterocycles. The fourth-order valence-electron chi connectivity index (χ4n) is 4.50. The molecule has 3 aromatic rings. The van der Waals surface area contributed by atoms with Crippen molar-refractivity contribution in [1.29, 1.82) is 0 Å². The van der Waals surface area contributed by atoms with E-state index >= 15 is 0 Å². The van der Waals surface area contributed by atoms with Crippen LogP contribution in [0.25, 0.3) is 23.0 Å². The average Bonchev–Trinajstić information content (AvgIpc) is 3.30. The van der Waals surface area contributed by atoms with Gasteiger partial charge in [0, 0.05) is 35.6 Å². The molecule has 0 radical (unpaired) electrons. The van der Waals surface area contributed by atoms with Crippen LogP contribution >= 0.6 is 0 Å². The van der Waals surface area contributed by atoms with Crippen LogP contribution in [0.1, 0.15) is 38.3 Å². The van der Waals surface area contributed by atoms with Gasteiger partial charge in [-0.25, -0.2) is 4.98 Å². The van der Waals surface area contributed by atoms with Crippen LogP contribution in [0.5, 0.6) is 5.75 Å². The lowest BCUT2D eigenvalue weighted by molar-refractivity contribution is 0.351. The van der Waals surface area contributed by atoms with Gasteiger partial charge in [0.15, 0.2) is 0 Å². The monoisotopic (exact) mass is 373 g/mol. The Morgan fingerprint density at radius 2 is 2.18 bits per heavy atom. The van der Waals surface area contributed by atoms with E-state index in [0.29, 0.717) is 17.3 Å². The van der Waals surface area contributed by atoms with Crippen LogP contribution in [0.2, 0.25) is 0 Å². The van der Waals surface area contributed by atoms with Crippen molar-refractivity contribution in [3.05, 3.63) is 60.3 Å². The predicted molar refractivity (Wildman–Crippen MR) is 108 cm³/mol. The lowest BCUT2D eigenvalue weighted by Crippen LogP contribution is -2.44. The Bertz CT molecular complexity index is 1030. The lowest BCUT2D eigenvalue weighted by Gasteiger charge is -2.32. The van der Waals surface area contributed by atoms with Gasteiger partial charge in [0.2, 0.25) is 0 Å². The minimum Gasteiger partial charge on any atom is -0.507 e. The molecule has 6 nitrogen and oxygen atoms in total. The first kappa shape index (κ1) is 17.1. The van der Waals surface area contributed by atoms with Gasteiger partial charge in [-0.2, -0.15) is 5.10 Å². The summed E-state index contributed by atoms with van der Waals surface area (Å²) in [5, 5.41) is 22.9. The molecule has 2 N–H and O–H groups in total. The molecular weight excluding hydrogens is 350 g/mol. The second-order valence-corrected chi connectivity index (χ2v) is 8.14. The predicted octanol–water partition coefficient (Wildman–Crippen LogP) is 3.72. The lowest BCUT2D eigenvalue weighted by atomic mass is 9.88. The normalized spacial score (nSPS) is 25.3. The van der Waals surface area contributed by atoms with E-state index in [4.69, 9.17) is 0 Å². The van der Waals surface area contributed by atoms with Crippen LogP contribution < -0.4 is 5.32 Å². The smallest absolute Gasteiger partial charge is 0.127 e. The van der Waals surface area contributed by atoms with Crippen LogP contribution in [-0.2, 0) is 0 Å². The first-order valence-corrected chi connectivity index (χ1v) is 9.71. The van der Waals surface area contributed by atoms with Crippen LogP contribution in [-0.4, -0.2) is 36.4 Å². The number of phenols is 1. The number of hydrogen-bond acceptors (Lipinski definition) is 5. The van der Waals surface area contributed by atoms with Crippen molar-refractivity contribution >= 4 is 6.08 Å². The third-order valence-electron chi connectivity index (χ3n) is 5.82. The summed E-state index contributed by atoms with van der Waals surface area (Å²) in [7, 11) is 0. The van der Waals surface area contributed by atoms with Crippen molar-refractivity contribution in [3.8, 4) is 22.7 Å². The number of nitrogens with one attached hydrogen (secondary N) is 1. The van der Waals surface area contributed by atoms with E-state index in [1.54, 1.807) is 18.6 Å². The SMILES string of the molecule is C[C@]12CCC(C/C(=C\c3ccc(-c4ccc(-n5ccnc5)cc4O)nn3)C1)N2. The Morgan fingerprint density at radius 1 is 1.25 bits per heavy atom. The van der Waals surface area contributed by atoms with Gasteiger partial charge in [-0.3, -0.25) is 0 Å². The molecule has 2 aliphatic heterocycles. The van der Waals surface area contributed by atoms with Gasteiger partial charge in [-0.05, 0) is 62.9 Å². The molecule has 28 heavy (non-hydrogen) atoms. The number of nitrogens with zero attached hydrogens (tertiary/aromatic N) is 4. The molecule has 0 amide bonds. The zero-order chi connectivity index (χ0) is 19.1. The zero-order valence-corrected chi connectivity index (χ0v) is 15.8. The minimum absolute atomic E-state index is 0.175. The number of benzene rings is 1. The molecule has 2 bridgehead atoms. The van der Waals surface area contributed by atoms with Crippen LogP contribution in [0.3, 0.4) is 0 Å². The van der Waals surface area contributed by atoms with Gasteiger partial charge in [0.05, 0.1) is 23.4 Å². The van der Waals surface area contributed by atoms with Crippen LogP contribution in [0.4, 0.5) is 0 Å². The summed E-state index contributed by atoms with van der Waals surface area (Å²) >= 11 is 0. The van der Waals surface area contributed by atoms with Gasteiger partial charge in [0.1, 0.15) is 5.75 Å². The van der Waals surface area contributed by atoms with E-state index in [9.17, 15) is 5.11 Å². The summed E-state index contributed by atoms with van der Waals surface area (Å²) in [6.45, 7) is 2.31.